The summed E-state index contributed by atoms with van der Waals surface area (Å²) in [6.07, 6.45) is 2.10. The average molecular weight is 290 g/mol. The molecule has 0 bridgehead atoms. The van der Waals surface area contributed by atoms with Crippen LogP contribution in [0.1, 0.15) is 25.8 Å². The van der Waals surface area contributed by atoms with Crippen LogP contribution in [0.2, 0.25) is 0 Å². The van der Waals surface area contributed by atoms with Crippen molar-refractivity contribution in [2.24, 2.45) is 0 Å². The first-order chi connectivity index (χ1) is 10.2. The van der Waals surface area contributed by atoms with Gasteiger partial charge in [0.05, 0.1) is 6.61 Å². The van der Waals surface area contributed by atoms with Crippen molar-refractivity contribution in [2.45, 2.75) is 38.8 Å². The normalized spacial score (nSPS) is 21.0. The smallest absolute Gasteiger partial charge is 0.324 e. The molecule has 0 radical (unpaired) electrons. The first-order valence-corrected chi connectivity index (χ1v) is 7.89. The van der Waals surface area contributed by atoms with Gasteiger partial charge in [-0.15, -0.1) is 0 Å². The molecule has 0 spiro atoms. The molecule has 1 aliphatic heterocycles. The fraction of sp³-hybridized carbons (Fsp3) is 0.588. The van der Waals surface area contributed by atoms with E-state index >= 15 is 0 Å². The highest BCUT2D eigenvalue weighted by Gasteiger charge is 2.32. The topological polar surface area (TPSA) is 41.6 Å². The third kappa shape index (κ3) is 4.55. The molecule has 1 fully saturated rings. The Hall–Kier alpha value is -1.39. The van der Waals surface area contributed by atoms with Crippen LogP contribution in [0.25, 0.3) is 0 Å². The maximum absolute atomic E-state index is 12.1. The first kappa shape index (κ1) is 16.0. The lowest BCUT2D eigenvalue weighted by atomic mass is 10.0. The van der Waals surface area contributed by atoms with Crippen LogP contribution in [0, 0.1) is 0 Å². The molecule has 0 aromatic heterocycles. The highest BCUT2D eigenvalue weighted by atomic mass is 16.5. The average Bonchev–Trinajstić information content (AvgIpc) is 2.54. The summed E-state index contributed by atoms with van der Waals surface area (Å²) in [5.41, 5.74) is 1.35. The lowest BCUT2D eigenvalue weighted by Crippen LogP contribution is -2.58. The number of carbonyl (C=O) groups is 1. The van der Waals surface area contributed by atoms with Crippen molar-refractivity contribution in [2.75, 3.05) is 26.2 Å². The SMILES string of the molecule is CCOC(=O)C1CNCCN1C(C)CCc1ccccc1. The number of nitrogens with zero attached hydrogens (tertiary/aromatic N) is 1. The zero-order valence-corrected chi connectivity index (χ0v) is 13.0. The third-order valence-electron chi connectivity index (χ3n) is 4.10. The van der Waals surface area contributed by atoms with Crippen molar-refractivity contribution < 1.29 is 9.53 Å². The number of piperazine rings is 1. The van der Waals surface area contributed by atoms with E-state index in [4.69, 9.17) is 4.74 Å². The number of esters is 1. The Morgan fingerprint density at radius 2 is 2.19 bits per heavy atom. The van der Waals surface area contributed by atoms with Crippen molar-refractivity contribution >= 4 is 5.97 Å². The Bertz CT molecular complexity index is 436. The van der Waals surface area contributed by atoms with Crippen LogP contribution < -0.4 is 5.32 Å². The number of hydrogen-bond donors (Lipinski definition) is 1. The lowest BCUT2D eigenvalue weighted by molar-refractivity contribution is -0.151. The highest BCUT2D eigenvalue weighted by Crippen LogP contribution is 2.15. The monoisotopic (exact) mass is 290 g/mol. The highest BCUT2D eigenvalue weighted by molar-refractivity contribution is 5.76. The van der Waals surface area contributed by atoms with Crippen LogP contribution in [0.5, 0.6) is 0 Å². The van der Waals surface area contributed by atoms with E-state index in [-0.39, 0.29) is 12.0 Å². The molecule has 1 aromatic carbocycles. The molecule has 1 aliphatic rings. The van der Waals surface area contributed by atoms with E-state index in [0.29, 0.717) is 19.2 Å². The van der Waals surface area contributed by atoms with Gasteiger partial charge in [-0.1, -0.05) is 30.3 Å². The number of aryl methyl sites for hydroxylation is 1. The second-order valence-corrected chi connectivity index (χ2v) is 5.58. The largest absolute Gasteiger partial charge is 0.465 e. The Labute approximate surface area is 127 Å². The molecule has 2 unspecified atom stereocenters. The molecular weight excluding hydrogens is 264 g/mol. The Morgan fingerprint density at radius 3 is 2.90 bits per heavy atom. The minimum atomic E-state index is -0.149. The molecular formula is C17H26N2O2. The summed E-state index contributed by atoms with van der Waals surface area (Å²) >= 11 is 0. The summed E-state index contributed by atoms with van der Waals surface area (Å²) in [4.78, 5) is 14.4. The fourth-order valence-corrected chi connectivity index (χ4v) is 2.89. The quantitative estimate of drug-likeness (QED) is 0.812. The van der Waals surface area contributed by atoms with Crippen LogP contribution in [0.15, 0.2) is 30.3 Å². The molecule has 1 aromatic rings. The van der Waals surface area contributed by atoms with E-state index in [1.54, 1.807) is 0 Å². The fourth-order valence-electron chi connectivity index (χ4n) is 2.89. The Morgan fingerprint density at radius 1 is 1.43 bits per heavy atom. The zero-order valence-electron chi connectivity index (χ0n) is 13.0. The van der Waals surface area contributed by atoms with Gasteiger partial charge < -0.3 is 10.1 Å². The first-order valence-electron chi connectivity index (χ1n) is 7.89. The summed E-state index contributed by atoms with van der Waals surface area (Å²) < 4.78 is 5.20. The number of carbonyl (C=O) groups excluding carboxylic acids is 1. The van der Waals surface area contributed by atoms with Crippen molar-refractivity contribution in [1.29, 1.82) is 0 Å². The second kappa shape index (κ2) is 8.15. The number of nitrogens with one attached hydrogen (secondary N) is 1. The number of benzene rings is 1. The molecule has 1 N–H and O–H groups in total. The van der Waals surface area contributed by atoms with Gasteiger partial charge in [0, 0.05) is 25.7 Å². The van der Waals surface area contributed by atoms with Crippen LogP contribution >= 0.6 is 0 Å². The van der Waals surface area contributed by atoms with Gasteiger partial charge in [0.1, 0.15) is 6.04 Å². The van der Waals surface area contributed by atoms with Crippen molar-refractivity contribution in [3.8, 4) is 0 Å². The molecule has 1 heterocycles. The molecule has 0 aliphatic carbocycles. The maximum atomic E-state index is 12.1. The van der Waals surface area contributed by atoms with Crippen LogP contribution in [0.3, 0.4) is 0 Å². The molecule has 0 amide bonds. The van der Waals surface area contributed by atoms with E-state index in [1.165, 1.54) is 5.56 Å². The van der Waals surface area contributed by atoms with Gasteiger partial charge in [0.15, 0.2) is 0 Å². The molecule has 1 saturated heterocycles. The van der Waals surface area contributed by atoms with E-state index in [9.17, 15) is 4.79 Å². The molecule has 2 atom stereocenters. The van der Waals surface area contributed by atoms with E-state index in [1.807, 2.05) is 13.0 Å². The molecule has 0 saturated carbocycles. The molecule has 4 nitrogen and oxygen atoms in total. The summed E-state index contributed by atoms with van der Waals surface area (Å²) in [6, 6.07) is 10.7. The van der Waals surface area contributed by atoms with Crippen LogP contribution in [-0.2, 0) is 16.0 Å². The van der Waals surface area contributed by atoms with Crippen LogP contribution in [0.4, 0.5) is 0 Å². The second-order valence-electron chi connectivity index (χ2n) is 5.58. The number of rotatable bonds is 6. The zero-order chi connectivity index (χ0) is 15.1. The minimum Gasteiger partial charge on any atom is -0.465 e. The van der Waals surface area contributed by atoms with Crippen LogP contribution in [-0.4, -0.2) is 49.2 Å². The lowest BCUT2D eigenvalue weighted by Gasteiger charge is -2.38. The van der Waals surface area contributed by atoms with Gasteiger partial charge in [-0.3, -0.25) is 9.69 Å². The molecule has 116 valence electrons. The standard InChI is InChI=1S/C17H26N2O2/c1-3-21-17(20)16-13-18-11-12-19(16)14(2)9-10-15-7-5-4-6-8-15/h4-8,14,16,18H,3,9-13H2,1-2H3. The summed E-state index contributed by atoms with van der Waals surface area (Å²) in [5, 5.41) is 3.29. The van der Waals surface area contributed by atoms with Crippen molar-refractivity contribution in [1.82, 2.24) is 10.2 Å². The third-order valence-corrected chi connectivity index (χ3v) is 4.10. The minimum absolute atomic E-state index is 0.101. The van der Waals surface area contributed by atoms with E-state index in [0.717, 1.165) is 25.9 Å². The van der Waals surface area contributed by atoms with E-state index in [2.05, 4.69) is 41.4 Å². The Kier molecular flexibility index (Phi) is 6.21. The van der Waals surface area contributed by atoms with Gasteiger partial charge >= 0.3 is 5.97 Å². The van der Waals surface area contributed by atoms with Gasteiger partial charge in [0.2, 0.25) is 0 Å². The summed E-state index contributed by atoms with van der Waals surface area (Å²) in [7, 11) is 0. The number of hydrogen-bond acceptors (Lipinski definition) is 4. The van der Waals surface area contributed by atoms with Crippen molar-refractivity contribution in [3.05, 3.63) is 35.9 Å². The van der Waals surface area contributed by atoms with E-state index < -0.39 is 0 Å². The van der Waals surface area contributed by atoms with Gasteiger partial charge in [-0.2, -0.15) is 0 Å². The molecule has 21 heavy (non-hydrogen) atoms. The van der Waals surface area contributed by atoms with Crippen molar-refractivity contribution in [3.63, 3.8) is 0 Å². The van der Waals surface area contributed by atoms with Gasteiger partial charge in [-0.05, 0) is 32.3 Å². The Balaban J connectivity index is 1.91. The maximum Gasteiger partial charge on any atom is 0.324 e. The predicted molar refractivity (Wildman–Crippen MR) is 84.2 cm³/mol. The van der Waals surface area contributed by atoms with Gasteiger partial charge in [-0.25, -0.2) is 0 Å². The molecule has 2 rings (SSSR count). The molecule has 4 heteroatoms. The van der Waals surface area contributed by atoms with Gasteiger partial charge in [0.25, 0.3) is 0 Å². The summed E-state index contributed by atoms with van der Waals surface area (Å²) in [5.74, 6) is -0.101. The number of ether oxygens (including phenoxy) is 1. The predicted octanol–water partition coefficient (Wildman–Crippen LogP) is 1.84. The summed E-state index contributed by atoms with van der Waals surface area (Å²) in [6.45, 7) is 7.04.